The Morgan fingerprint density at radius 3 is 2.75 bits per heavy atom. The van der Waals surface area contributed by atoms with Gasteiger partial charge in [-0.25, -0.2) is 13.1 Å². The van der Waals surface area contributed by atoms with Crippen LogP contribution in [0.4, 0.5) is 0 Å². The molecule has 7 heteroatoms. The van der Waals surface area contributed by atoms with E-state index in [9.17, 15) is 8.42 Å². The van der Waals surface area contributed by atoms with Gasteiger partial charge in [0, 0.05) is 23.7 Å². The van der Waals surface area contributed by atoms with Crippen molar-refractivity contribution in [1.82, 2.24) is 4.72 Å². The van der Waals surface area contributed by atoms with Crippen LogP contribution in [0, 0.1) is 6.92 Å². The first kappa shape index (κ1) is 14.0. The molecule has 1 aromatic heterocycles. The van der Waals surface area contributed by atoms with Gasteiger partial charge in [-0.3, -0.25) is 0 Å². The zero-order chi connectivity index (χ0) is 12.2. The summed E-state index contributed by atoms with van der Waals surface area (Å²) in [5.74, 6) is 0.771. The van der Waals surface area contributed by atoms with Crippen LogP contribution >= 0.6 is 23.1 Å². The molecule has 1 aromatic rings. The zero-order valence-electron chi connectivity index (χ0n) is 9.32. The molecule has 0 unspecified atom stereocenters. The first-order valence-electron chi connectivity index (χ1n) is 4.79. The van der Waals surface area contributed by atoms with Gasteiger partial charge in [0.2, 0.25) is 10.0 Å². The molecule has 4 nitrogen and oxygen atoms in total. The molecule has 0 aliphatic heterocycles. The summed E-state index contributed by atoms with van der Waals surface area (Å²) in [5, 5.41) is 0. The fraction of sp³-hybridized carbons (Fsp3) is 0.556. The van der Waals surface area contributed by atoms with E-state index in [0.29, 0.717) is 17.3 Å². The molecule has 0 aliphatic rings. The molecule has 0 spiro atoms. The zero-order valence-corrected chi connectivity index (χ0v) is 11.8. The van der Waals surface area contributed by atoms with Crippen molar-refractivity contribution in [3.05, 3.63) is 16.5 Å². The average Bonchev–Trinajstić information content (AvgIpc) is 2.60. The minimum atomic E-state index is -3.34. The second-order valence-electron chi connectivity index (χ2n) is 3.27. The highest BCUT2D eigenvalue weighted by molar-refractivity contribution is 7.98. The predicted molar refractivity (Wildman–Crippen MR) is 70.5 cm³/mol. The summed E-state index contributed by atoms with van der Waals surface area (Å²) in [6.45, 7) is 2.72. The highest BCUT2D eigenvalue weighted by Gasteiger charge is 2.17. The van der Waals surface area contributed by atoms with Gasteiger partial charge in [0.25, 0.3) is 0 Å². The van der Waals surface area contributed by atoms with Crippen LogP contribution in [0.1, 0.15) is 10.4 Å². The van der Waals surface area contributed by atoms with Crippen LogP contribution in [0.3, 0.4) is 0 Å². The van der Waals surface area contributed by atoms with Crippen molar-refractivity contribution in [2.45, 2.75) is 17.7 Å². The Kier molecular flexibility index (Phi) is 5.26. The van der Waals surface area contributed by atoms with Crippen molar-refractivity contribution in [3.63, 3.8) is 0 Å². The van der Waals surface area contributed by atoms with Crippen molar-refractivity contribution in [3.8, 4) is 0 Å². The number of thioether (sulfide) groups is 1. The lowest BCUT2D eigenvalue weighted by Crippen LogP contribution is -2.25. The summed E-state index contributed by atoms with van der Waals surface area (Å²) < 4.78 is 26.6. The fourth-order valence-corrected chi connectivity index (χ4v) is 4.15. The summed E-state index contributed by atoms with van der Waals surface area (Å²) >= 11 is 2.85. The number of aryl methyl sites for hydroxylation is 1. The van der Waals surface area contributed by atoms with Gasteiger partial charge in [0.1, 0.15) is 4.21 Å². The number of hydrogen-bond acceptors (Lipinski definition) is 5. The normalized spacial score (nSPS) is 11.9. The highest BCUT2D eigenvalue weighted by Crippen LogP contribution is 2.25. The molecule has 0 bridgehead atoms. The first-order chi connectivity index (χ1) is 7.51. The Labute approximate surface area is 105 Å². The molecule has 0 atom stereocenters. The standard InChI is InChI=1S/C9H16N2O2S3/c1-7-5-9(15-8(7)6-10)16(12,13)11-3-4-14-2/h5,11H,3-4,6,10H2,1-2H3. The maximum Gasteiger partial charge on any atom is 0.250 e. The van der Waals surface area contributed by atoms with E-state index in [0.717, 1.165) is 16.2 Å². The monoisotopic (exact) mass is 280 g/mol. The third-order valence-electron chi connectivity index (χ3n) is 2.05. The van der Waals surface area contributed by atoms with Gasteiger partial charge in [-0.2, -0.15) is 11.8 Å². The third-order valence-corrected chi connectivity index (χ3v) is 5.85. The molecule has 1 rings (SSSR count). The van der Waals surface area contributed by atoms with Gasteiger partial charge in [0.05, 0.1) is 0 Å². The highest BCUT2D eigenvalue weighted by atomic mass is 32.2. The van der Waals surface area contributed by atoms with E-state index in [1.54, 1.807) is 17.8 Å². The number of thiophene rings is 1. The lowest BCUT2D eigenvalue weighted by atomic mass is 10.3. The Morgan fingerprint density at radius 1 is 1.56 bits per heavy atom. The van der Waals surface area contributed by atoms with E-state index in [-0.39, 0.29) is 0 Å². The van der Waals surface area contributed by atoms with Gasteiger partial charge >= 0.3 is 0 Å². The maximum absolute atomic E-state index is 11.8. The molecule has 0 radical (unpaired) electrons. The molecule has 3 N–H and O–H groups in total. The van der Waals surface area contributed by atoms with Crippen LogP contribution in [0.2, 0.25) is 0 Å². The van der Waals surface area contributed by atoms with Crippen LogP contribution in [0.5, 0.6) is 0 Å². The second kappa shape index (κ2) is 6.02. The summed E-state index contributed by atoms with van der Waals surface area (Å²) in [5.41, 5.74) is 6.46. The molecular formula is C9H16N2O2S3. The summed E-state index contributed by atoms with van der Waals surface area (Å²) in [7, 11) is -3.34. The number of nitrogens with two attached hydrogens (primary N) is 1. The van der Waals surface area contributed by atoms with Gasteiger partial charge in [-0.1, -0.05) is 0 Å². The minimum absolute atomic E-state index is 0.353. The summed E-state index contributed by atoms with van der Waals surface area (Å²) in [6.07, 6.45) is 1.94. The molecule has 0 saturated carbocycles. The van der Waals surface area contributed by atoms with Crippen LogP contribution < -0.4 is 10.5 Å². The van der Waals surface area contributed by atoms with Gasteiger partial charge in [-0.15, -0.1) is 11.3 Å². The largest absolute Gasteiger partial charge is 0.326 e. The van der Waals surface area contributed by atoms with Crippen LogP contribution in [-0.4, -0.2) is 27.0 Å². The van der Waals surface area contributed by atoms with Crippen molar-refractivity contribution in [2.75, 3.05) is 18.6 Å². The van der Waals surface area contributed by atoms with E-state index in [2.05, 4.69) is 4.72 Å². The SMILES string of the molecule is CSCCNS(=O)(=O)c1cc(C)c(CN)s1. The predicted octanol–water partition coefficient (Wildman–Crippen LogP) is 1.16. The van der Waals surface area contributed by atoms with E-state index in [1.165, 1.54) is 11.3 Å². The molecule has 0 saturated heterocycles. The lowest BCUT2D eigenvalue weighted by molar-refractivity contribution is 0.586. The number of rotatable bonds is 6. The van der Waals surface area contributed by atoms with E-state index in [4.69, 9.17) is 5.73 Å². The summed E-state index contributed by atoms with van der Waals surface area (Å²) in [4.78, 5) is 0.922. The van der Waals surface area contributed by atoms with Crippen molar-refractivity contribution in [2.24, 2.45) is 5.73 Å². The molecule has 16 heavy (non-hydrogen) atoms. The molecule has 0 aromatic carbocycles. The van der Waals surface area contributed by atoms with Crippen LogP contribution in [-0.2, 0) is 16.6 Å². The molecule has 0 aliphatic carbocycles. The van der Waals surface area contributed by atoms with Gasteiger partial charge in [-0.05, 0) is 24.8 Å². The first-order valence-corrected chi connectivity index (χ1v) is 8.48. The quantitative estimate of drug-likeness (QED) is 0.767. The molecule has 0 amide bonds. The Bertz CT molecular complexity index is 440. The van der Waals surface area contributed by atoms with Gasteiger partial charge < -0.3 is 5.73 Å². The molecule has 1 heterocycles. The van der Waals surface area contributed by atoms with Crippen LogP contribution in [0.25, 0.3) is 0 Å². The smallest absolute Gasteiger partial charge is 0.250 e. The van der Waals surface area contributed by atoms with Crippen molar-refractivity contribution in [1.29, 1.82) is 0 Å². The minimum Gasteiger partial charge on any atom is -0.326 e. The fourth-order valence-electron chi connectivity index (χ4n) is 1.17. The average molecular weight is 280 g/mol. The third kappa shape index (κ3) is 3.46. The Hall–Kier alpha value is -0.0800. The second-order valence-corrected chi connectivity index (χ2v) is 7.38. The molecule has 0 fully saturated rings. The van der Waals surface area contributed by atoms with Crippen molar-refractivity contribution >= 4 is 33.1 Å². The number of sulfonamides is 1. The molecule has 92 valence electrons. The van der Waals surface area contributed by atoms with E-state index >= 15 is 0 Å². The van der Waals surface area contributed by atoms with Crippen molar-refractivity contribution < 1.29 is 8.42 Å². The van der Waals surface area contributed by atoms with Gasteiger partial charge in [0.15, 0.2) is 0 Å². The Morgan fingerprint density at radius 2 is 2.25 bits per heavy atom. The number of nitrogens with one attached hydrogen (secondary N) is 1. The topological polar surface area (TPSA) is 72.2 Å². The Balaban J connectivity index is 2.81. The molecular weight excluding hydrogens is 264 g/mol. The lowest BCUT2D eigenvalue weighted by Gasteiger charge is -2.02. The summed E-state index contributed by atoms with van der Waals surface area (Å²) in [6, 6.07) is 1.67. The maximum atomic E-state index is 11.8. The number of hydrogen-bond donors (Lipinski definition) is 2. The van der Waals surface area contributed by atoms with Crippen LogP contribution in [0.15, 0.2) is 10.3 Å². The van der Waals surface area contributed by atoms with E-state index in [1.807, 2.05) is 13.2 Å². The van der Waals surface area contributed by atoms with E-state index < -0.39 is 10.0 Å².